The van der Waals surface area contributed by atoms with Gasteiger partial charge in [-0.2, -0.15) is 4.73 Å². The number of nitrogens with zero attached hydrogens (tertiary/aromatic N) is 2. The summed E-state index contributed by atoms with van der Waals surface area (Å²) in [4.78, 5) is 27.6. The number of aromatic nitrogens is 2. The maximum absolute atomic E-state index is 12.7. The van der Waals surface area contributed by atoms with Crippen molar-refractivity contribution < 1.29 is 18.7 Å². The summed E-state index contributed by atoms with van der Waals surface area (Å²) in [5, 5.41) is 16.5. The zero-order valence-corrected chi connectivity index (χ0v) is 13.0. The van der Waals surface area contributed by atoms with E-state index in [-0.39, 0.29) is 30.5 Å². The zero-order valence-electron chi connectivity index (χ0n) is 13.0. The van der Waals surface area contributed by atoms with Crippen molar-refractivity contribution in [2.24, 2.45) is 0 Å². The van der Waals surface area contributed by atoms with Gasteiger partial charge in [0.25, 0.3) is 5.91 Å². The minimum Gasteiger partial charge on any atom is -0.619 e. The highest BCUT2D eigenvalue weighted by molar-refractivity contribution is 5.93. The van der Waals surface area contributed by atoms with Gasteiger partial charge in [0.05, 0.1) is 12.6 Å². The fraction of sp³-hybridized carbons (Fsp3) is 0.250. The van der Waals surface area contributed by atoms with E-state index in [0.29, 0.717) is 10.4 Å². The molecule has 2 aromatic heterocycles. The number of halogens is 1. The van der Waals surface area contributed by atoms with Crippen LogP contribution in [0, 0.1) is 11.0 Å². The lowest BCUT2D eigenvalue weighted by atomic mass is 10.2. The zero-order chi connectivity index (χ0) is 17.5. The third kappa shape index (κ3) is 5.31. The van der Waals surface area contributed by atoms with Gasteiger partial charge in [-0.1, -0.05) is 0 Å². The van der Waals surface area contributed by atoms with Gasteiger partial charge < -0.3 is 15.8 Å². The Hall–Kier alpha value is -3.03. The third-order valence-electron chi connectivity index (χ3n) is 3.15. The Morgan fingerprint density at radius 3 is 2.83 bits per heavy atom. The van der Waals surface area contributed by atoms with Crippen molar-refractivity contribution in [2.45, 2.75) is 19.4 Å². The fourth-order valence-electron chi connectivity index (χ4n) is 1.95. The number of rotatable bonds is 6. The SMILES string of the molecule is C[C@H](CNC(=O)Cc1ccc(F)cn1)NC(=O)c1ccc[n+]([O-])c1. The van der Waals surface area contributed by atoms with Crippen LogP contribution in [-0.2, 0) is 11.2 Å². The highest BCUT2D eigenvalue weighted by Crippen LogP contribution is 1.99. The Morgan fingerprint density at radius 1 is 1.38 bits per heavy atom. The van der Waals surface area contributed by atoms with Gasteiger partial charge in [0, 0.05) is 24.3 Å². The second kappa shape index (κ2) is 8.00. The Balaban J connectivity index is 1.78. The van der Waals surface area contributed by atoms with Crippen LogP contribution in [0.2, 0.25) is 0 Å². The van der Waals surface area contributed by atoms with Gasteiger partial charge in [-0.15, -0.1) is 0 Å². The molecule has 2 N–H and O–H groups in total. The van der Waals surface area contributed by atoms with Crippen molar-refractivity contribution in [1.29, 1.82) is 0 Å². The first-order valence-electron chi connectivity index (χ1n) is 7.31. The van der Waals surface area contributed by atoms with E-state index in [1.165, 1.54) is 36.7 Å². The molecular weight excluding hydrogens is 315 g/mol. The summed E-state index contributed by atoms with van der Waals surface area (Å²) >= 11 is 0. The van der Waals surface area contributed by atoms with E-state index in [1.807, 2.05) is 0 Å². The molecule has 0 spiro atoms. The molecule has 0 saturated heterocycles. The number of hydrogen-bond donors (Lipinski definition) is 2. The summed E-state index contributed by atoms with van der Waals surface area (Å²) in [6, 6.07) is 5.34. The van der Waals surface area contributed by atoms with Crippen LogP contribution < -0.4 is 15.4 Å². The van der Waals surface area contributed by atoms with Crippen LogP contribution >= 0.6 is 0 Å². The topological polar surface area (TPSA) is 98.0 Å². The van der Waals surface area contributed by atoms with Gasteiger partial charge in [-0.25, -0.2) is 4.39 Å². The molecule has 2 aromatic rings. The molecule has 0 aliphatic rings. The first-order chi connectivity index (χ1) is 11.4. The first kappa shape index (κ1) is 17.3. The predicted octanol–water partition coefficient (Wildman–Crippen LogP) is 0.331. The molecule has 0 bridgehead atoms. The molecule has 0 unspecified atom stereocenters. The minimum atomic E-state index is -0.462. The Morgan fingerprint density at radius 2 is 2.17 bits per heavy atom. The monoisotopic (exact) mass is 332 g/mol. The van der Waals surface area contributed by atoms with Crippen LogP contribution in [0.25, 0.3) is 0 Å². The molecule has 126 valence electrons. The summed E-state index contributed by atoms with van der Waals surface area (Å²) in [6.45, 7) is 1.94. The van der Waals surface area contributed by atoms with E-state index in [1.54, 1.807) is 6.92 Å². The average molecular weight is 332 g/mol. The normalized spacial score (nSPS) is 11.6. The van der Waals surface area contributed by atoms with E-state index in [9.17, 15) is 19.2 Å². The average Bonchev–Trinajstić information content (AvgIpc) is 2.55. The van der Waals surface area contributed by atoms with Crippen LogP contribution in [0.1, 0.15) is 23.0 Å². The van der Waals surface area contributed by atoms with E-state index in [4.69, 9.17) is 0 Å². The van der Waals surface area contributed by atoms with Gasteiger partial charge in [0.15, 0.2) is 12.4 Å². The summed E-state index contributed by atoms with van der Waals surface area (Å²) < 4.78 is 13.3. The number of hydrogen-bond acceptors (Lipinski definition) is 4. The van der Waals surface area contributed by atoms with Crippen molar-refractivity contribution >= 4 is 11.8 Å². The highest BCUT2D eigenvalue weighted by atomic mass is 19.1. The second-order valence-corrected chi connectivity index (χ2v) is 5.28. The van der Waals surface area contributed by atoms with Crippen molar-refractivity contribution in [3.05, 3.63) is 65.1 Å². The van der Waals surface area contributed by atoms with Crippen molar-refractivity contribution in [3.8, 4) is 0 Å². The number of carbonyl (C=O) groups excluding carboxylic acids is 2. The molecule has 0 aliphatic carbocycles. The fourth-order valence-corrected chi connectivity index (χ4v) is 1.95. The van der Waals surface area contributed by atoms with Gasteiger partial charge in [-0.05, 0) is 25.1 Å². The summed E-state index contributed by atoms with van der Waals surface area (Å²) in [6.07, 6.45) is 3.52. The van der Waals surface area contributed by atoms with E-state index in [2.05, 4.69) is 15.6 Å². The van der Waals surface area contributed by atoms with Crippen molar-refractivity contribution in [2.75, 3.05) is 6.54 Å². The summed E-state index contributed by atoms with van der Waals surface area (Å²) in [7, 11) is 0. The van der Waals surface area contributed by atoms with Crippen molar-refractivity contribution in [1.82, 2.24) is 15.6 Å². The van der Waals surface area contributed by atoms with Crippen LogP contribution in [0.15, 0.2) is 42.9 Å². The first-order valence-corrected chi connectivity index (χ1v) is 7.31. The van der Waals surface area contributed by atoms with Gasteiger partial charge in [0.1, 0.15) is 11.4 Å². The molecule has 0 saturated carbocycles. The predicted molar refractivity (Wildman–Crippen MR) is 83.2 cm³/mol. The van der Waals surface area contributed by atoms with Gasteiger partial charge in [-0.3, -0.25) is 14.6 Å². The third-order valence-corrected chi connectivity index (χ3v) is 3.15. The highest BCUT2D eigenvalue weighted by Gasteiger charge is 2.13. The number of carbonyl (C=O) groups is 2. The maximum Gasteiger partial charge on any atom is 0.257 e. The largest absolute Gasteiger partial charge is 0.619 e. The van der Waals surface area contributed by atoms with Crippen LogP contribution in [0.4, 0.5) is 4.39 Å². The molecule has 0 aliphatic heterocycles. The quantitative estimate of drug-likeness (QED) is 0.588. The summed E-state index contributed by atoms with van der Waals surface area (Å²) in [5.74, 6) is -1.15. The molecule has 0 aromatic carbocycles. The Bertz CT molecular complexity index is 722. The Kier molecular flexibility index (Phi) is 5.78. The standard InChI is InChI=1S/C16H17FN4O3/c1-11(20-16(23)12-3-2-6-21(24)10-12)8-19-15(22)7-14-5-4-13(17)9-18-14/h2-6,9-11H,7-8H2,1H3,(H,19,22)(H,20,23)/t11-/m1/s1. The van der Waals surface area contributed by atoms with Crippen LogP contribution in [-0.4, -0.2) is 29.4 Å². The lowest BCUT2D eigenvalue weighted by Crippen LogP contribution is -2.42. The van der Waals surface area contributed by atoms with Gasteiger partial charge in [0.2, 0.25) is 5.91 Å². The van der Waals surface area contributed by atoms with Crippen LogP contribution in [0.5, 0.6) is 0 Å². The van der Waals surface area contributed by atoms with E-state index >= 15 is 0 Å². The molecule has 24 heavy (non-hydrogen) atoms. The van der Waals surface area contributed by atoms with Gasteiger partial charge >= 0.3 is 0 Å². The molecule has 1 atom stereocenters. The Labute approximate surface area is 138 Å². The lowest BCUT2D eigenvalue weighted by molar-refractivity contribution is -0.605. The molecule has 0 radical (unpaired) electrons. The number of pyridine rings is 2. The van der Waals surface area contributed by atoms with Crippen molar-refractivity contribution in [3.63, 3.8) is 0 Å². The second-order valence-electron chi connectivity index (χ2n) is 5.28. The molecule has 0 fully saturated rings. The smallest absolute Gasteiger partial charge is 0.257 e. The maximum atomic E-state index is 12.7. The number of amides is 2. The molecule has 2 heterocycles. The number of nitrogens with one attached hydrogen (secondary N) is 2. The van der Waals surface area contributed by atoms with Crippen LogP contribution in [0.3, 0.4) is 0 Å². The summed E-state index contributed by atoms with van der Waals surface area (Å²) in [5.41, 5.74) is 0.691. The molecule has 8 heteroatoms. The molecule has 2 rings (SSSR count). The lowest BCUT2D eigenvalue weighted by Gasteiger charge is -2.14. The molecule has 7 nitrogen and oxygen atoms in total. The molecular formula is C16H17FN4O3. The van der Waals surface area contributed by atoms with E-state index < -0.39 is 11.7 Å². The van der Waals surface area contributed by atoms with E-state index in [0.717, 1.165) is 6.20 Å². The molecule has 2 amide bonds. The minimum absolute atomic E-state index is 0.0236.